The van der Waals surface area contributed by atoms with Crippen molar-refractivity contribution < 1.29 is 18.0 Å². The number of halogens is 3. The zero-order valence-electron chi connectivity index (χ0n) is 17.3. The molecule has 1 aromatic heterocycles. The summed E-state index contributed by atoms with van der Waals surface area (Å²) >= 11 is 0. The average Bonchev–Trinajstić information content (AvgIpc) is 2.83. The number of alkyl halides is 3. The van der Waals surface area contributed by atoms with Crippen molar-refractivity contribution in [3.63, 3.8) is 0 Å². The van der Waals surface area contributed by atoms with Gasteiger partial charge in [0.05, 0.1) is 5.56 Å². The van der Waals surface area contributed by atoms with Crippen molar-refractivity contribution in [2.45, 2.75) is 12.7 Å². The lowest BCUT2D eigenvalue weighted by atomic mass is 10.0. The molecule has 0 unspecified atom stereocenters. The molecule has 3 aromatic carbocycles. The fourth-order valence-electron chi connectivity index (χ4n) is 3.21. The van der Waals surface area contributed by atoms with Gasteiger partial charge >= 0.3 is 6.18 Å². The summed E-state index contributed by atoms with van der Waals surface area (Å²) in [4.78, 5) is 20.7. The lowest BCUT2D eigenvalue weighted by molar-refractivity contribution is -0.137. The summed E-state index contributed by atoms with van der Waals surface area (Å²) in [5.41, 5.74) is 1.81. The monoisotopic (exact) mass is 448 g/mol. The van der Waals surface area contributed by atoms with Gasteiger partial charge in [-0.05, 0) is 53.1 Å². The van der Waals surface area contributed by atoms with Gasteiger partial charge in [0.2, 0.25) is 5.95 Å². The van der Waals surface area contributed by atoms with Gasteiger partial charge < -0.3 is 10.6 Å². The van der Waals surface area contributed by atoms with Crippen LogP contribution in [0.4, 0.5) is 24.9 Å². The number of nitrogens with one attached hydrogen (secondary N) is 2. The van der Waals surface area contributed by atoms with Crippen LogP contribution in [-0.2, 0) is 12.7 Å². The zero-order chi connectivity index (χ0) is 23.3. The van der Waals surface area contributed by atoms with Gasteiger partial charge in [-0.2, -0.15) is 18.2 Å². The third-order valence-electron chi connectivity index (χ3n) is 4.83. The summed E-state index contributed by atoms with van der Waals surface area (Å²) in [5.74, 6) is 0.374. The minimum absolute atomic E-state index is 0.283. The maximum absolute atomic E-state index is 13.0. The quantitative estimate of drug-likeness (QED) is 0.378. The Hall–Kier alpha value is -4.20. The minimum Gasteiger partial charge on any atom is -0.350 e. The number of hydrogen-bond donors (Lipinski definition) is 2. The second-order valence-corrected chi connectivity index (χ2v) is 7.22. The lowest BCUT2D eigenvalue weighted by Crippen LogP contribution is -2.14. The normalized spacial score (nSPS) is 11.1. The Bertz CT molecular complexity index is 1260. The van der Waals surface area contributed by atoms with E-state index in [1.165, 1.54) is 12.3 Å². The summed E-state index contributed by atoms with van der Waals surface area (Å²) in [6, 6.07) is 22.8. The van der Waals surface area contributed by atoms with Gasteiger partial charge in [-0.25, -0.2) is 4.98 Å². The van der Waals surface area contributed by atoms with Crippen LogP contribution in [0.3, 0.4) is 0 Å². The first-order valence-corrected chi connectivity index (χ1v) is 10.1. The van der Waals surface area contributed by atoms with Crippen LogP contribution >= 0.6 is 0 Å². The fourth-order valence-corrected chi connectivity index (χ4v) is 3.21. The maximum atomic E-state index is 13.0. The van der Waals surface area contributed by atoms with Gasteiger partial charge in [0.1, 0.15) is 5.82 Å². The van der Waals surface area contributed by atoms with E-state index in [-0.39, 0.29) is 5.91 Å². The molecule has 0 aliphatic heterocycles. The fraction of sp³-hybridized carbons (Fsp3) is 0.0800. The van der Waals surface area contributed by atoms with Crippen molar-refractivity contribution in [3.05, 3.63) is 108 Å². The minimum atomic E-state index is -4.40. The summed E-state index contributed by atoms with van der Waals surface area (Å²) in [6.07, 6.45) is -2.87. The summed E-state index contributed by atoms with van der Waals surface area (Å²) < 4.78 is 39.1. The Morgan fingerprint density at radius 1 is 0.848 bits per heavy atom. The predicted molar refractivity (Wildman–Crippen MR) is 121 cm³/mol. The van der Waals surface area contributed by atoms with Gasteiger partial charge in [0.15, 0.2) is 0 Å². The van der Waals surface area contributed by atoms with Crippen molar-refractivity contribution >= 4 is 17.7 Å². The highest BCUT2D eigenvalue weighted by Crippen LogP contribution is 2.32. The average molecular weight is 448 g/mol. The van der Waals surface area contributed by atoms with Crippen molar-refractivity contribution in [1.29, 1.82) is 0 Å². The molecule has 0 atom stereocenters. The molecule has 1 heterocycles. The molecular formula is C25H19F3N4O. The molecule has 4 rings (SSSR count). The Kier molecular flexibility index (Phi) is 6.35. The number of anilines is 2. The number of carbonyl (C=O) groups excluding carboxylic acids is 1. The Labute approximate surface area is 188 Å². The van der Waals surface area contributed by atoms with Crippen molar-refractivity contribution in [3.8, 4) is 11.1 Å². The van der Waals surface area contributed by atoms with E-state index in [1.807, 2.05) is 18.2 Å². The molecule has 0 spiro atoms. The van der Waals surface area contributed by atoms with Crippen LogP contribution in [0, 0.1) is 0 Å². The van der Waals surface area contributed by atoms with Crippen LogP contribution < -0.4 is 10.6 Å². The van der Waals surface area contributed by atoms with Crippen molar-refractivity contribution in [1.82, 2.24) is 9.97 Å². The first kappa shape index (κ1) is 22.0. The first-order valence-electron chi connectivity index (χ1n) is 10.1. The molecule has 0 bridgehead atoms. The van der Waals surface area contributed by atoms with E-state index in [9.17, 15) is 18.0 Å². The largest absolute Gasteiger partial charge is 0.416 e. The number of amides is 1. The van der Waals surface area contributed by atoms with E-state index in [0.29, 0.717) is 35.0 Å². The number of nitrogens with zero attached hydrogens (tertiary/aromatic N) is 2. The van der Waals surface area contributed by atoms with Crippen LogP contribution in [0.1, 0.15) is 21.5 Å². The van der Waals surface area contributed by atoms with E-state index in [2.05, 4.69) is 20.6 Å². The Morgan fingerprint density at radius 2 is 1.58 bits per heavy atom. The summed E-state index contributed by atoms with van der Waals surface area (Å²) in [6.45, 7) is 0.350. The van der Waals surface area contributed by atoms with Crippen LogP contribution in [0.2, 0.25) is 0 Å². The van der Waals surface area contributed by atoms with E-state index in [1.54, 1.807) is 48.5 Å². The molecule has 0 saturated carbocycles. The summed E-state index contributed by atoms with van der Waals surface area (Å²) in [7, 11) is 0. The molecule has 0 saturated heterocycles. The Morgan fingerprint density at radius 3 is 2.33 bits per heavy atom. The molecule has 1 amide bonds. The molecule has 166 valence electrons. The number of hydrogen-bond acceptors (Lipinski definition) is 4. The predicted octanol–water partition coefficient (Wildman–Crippen LogP) is 6.03. The molecule has 0 aliphatic rings. The maximum Gasteiger partial charge on any atom is 0.416 e. The standard InChI is InChI=1S/C25H19F3N4O/c26-25(27,28)21-11-5-10-20(15-21)19-9-4-6-17(14-19)16-30-24-29-13-12-22(32-24)31-23(33)18-7-2-1-3-8-18/h1-15H,16H2,(H2,29,30,31,32,33). The molecule has 33 heavy (non-hydrogen) atoms. The smallest absolute Gasteiger partial charge is 0.350 e. The van der Waals surface area contributed by atoms with Crippen LogP contribution in [-0.4, -0.2) is 15.9 Å². The van der Waals surface area contributed by atoms with Crippen molar-refractivity contribution in [2.75, 3.05) is 10.6 Å². The van der Waals surface area contributed by atoms with Crippen molar-refractivity contribution in [2.24, 2.45) is 0 Å². The van der Waals surface area contributed by atoms with Crippen LogP contribution in [0.15, 0.2) is 91.1 Å². The molecule has 2 N–H and O–H groups in total. The molecule has 0 radical (unpaired) electrons. The SMILES string of the molecule is O=C(Nc1ccnc(NCc2cccc(-c3cccc(C(F)(F)F)c3)c2)n1)c1ccccc1. The van der Waals surface area contributed by atoms with Crippen LogP contribution in [0.25, 0.3) is 11.1 Å². The highest BCUT2D eigenvalue weighted by Gasteiger charge is 2.30. The van der Waals surface area contributed by atoms with Crippen LogP contribution in [0.5, 0.6) is 0 Å². The van der Waals surface area contributed by atoms with E-state index in [0.717, 1.165) is 17.7 Å². The highest BCUT2D eigenvalue weighted by atomic mass is 19.4. The number of rotatable bonds is 6. The molecule has 0 fully saturated rings. The zero-order valence-corrected chi connectivity index (χ0v) is 17.3. The number of benzene rings is 3. The molecule has 4 aromatic rings. The third-order valence-corrected chi connectivity index (χ3v) is 4.83. The van der Waals surface area contributed by atoms with E-state index >= 15 is 0 Å². The molecule has 0 aliphatic carbocycles. The second kappa shape index (κ2) is 9.52. The third kappa shape index (κ3) is 5.74. The highest BCUT2D eigenvalue weighted by molar-refractivity contribution is 6.03. The molecule has 8 heteroatoms. The topological polar surface area (TPSA) is 66.9 Å². The molecular weight excluding hydrogens is 429 g/mol. The number of carbonyl (C=O) groups is 1. The van der Waals surface area contributed by atoms with Gasteiger partial charge in [-0.1, -0.05) is 48.5 Å². The lowest BCUT2D eigenvalue weighted by Gasteiger charge is -2.11. The van der Waals surface area contributed by atoms with E-state index in [4.69, 9.17) is 0 Å². The van der Waals surface area contributed by atoms with Gasteiger partial charge in [-0.15, -0.1) is 0 Å². The van der Waals surface area contributed by atoms with Gasteiger partial charge in [-0.3, -0.25) is 4.79 Å². The number of aromatic nitrogens is 2. The second-order valence-electron chi connectivity index (χ2n) is 7.22. The summed E-state index contributed by atoms with van der Waals surface area (Å²) in [5, 5.41) is 5.80. The Balaban J connectivity index is 1.44. The van der Waals surface area contributed by atoms with E-state index < -0.39 is 11.7 Å². The van der Waals surface area contributed by atoms with Gasteiger partial charge in [0, 0.05) is 18.3 Å². The molecule has 5 nitrogen and oxygen atoms in total. The van der Waals surface area contributed by atoms with Gasteiger partial charge in [0.25, 0.3) is 5.91 Å². The first-order chi connectivity index (χ1) is 15.9.